The lowest BCUT2D eigenvalue weighted by molar-refractivity contribution is -0.134. The lowest BCUT2D eigenvalue weighted by atomic mass is 10.2. The molecule has 18 heavy (non-hydrogen) atoms. The summed E-state index contributed by atoms with van der Waals surface area (Å²) in [5.74, 6) is 0.197. The number of hydrogen-bond acceptors (Lipinski definition) is 3. The predicted molar refractivity (Wildman–Crippen MR) is 68.3 cm³/mol. The molecule has 0 aromatic heterocycles. The van der Waals surface area contributed by atoms with Gasteiger partial charge in [0.2, 0.25) is 5.91 Å². The highest BCUT2D eigenvalue weighted by molar-refractivity contribution is 5.82. The lowest BCUT2D eigenvalue weighted by Gasteiger charge is -2.35. The number of carbonyl (C=O) groups excluding carboxylic acids is 2. The van der Waals surface area contributed by atoms with Crippen LogP contribution in [0.15, 0.2) is 0 Å². The first-order chi connectivity index (χ1) is 8.72. The Bertz CT molecular complexity index is 307. The quantitative estimate of drug-likeness (QED) is 0.705. The smallest absolute Gasteiger partial charge is 0.317 e. The molecule has 0 unspecified atom stereocenters. The van der Waals surface area contributed by atoms with Gasteiger partial charge in [0.15, 0.2) is 0 Å². The number of rotatable bonds is 2. The summed E-state index contributed by atoms with van der Waals surface area (Å²) >= 11 is 0. The SMILES string of the molecule is CCNC(=O)N1CCN(C(=O)[C@@H]2CCCN2)CC1. The van der Waals surface area contributed by atoms with Gasteiger partial charge < -0.3 is 20.4 Å². The zero-order chi connectivity index (χ0) is 13.0. The summed E-state index contributed by atoms with van der Waals surface area (Å²) in [6.45, 7) is 6.04. The molecule has 0 aromatic carbocycles. The van der Waals surface area contributed by atoms with Crippen molar-refractivity contribution in [3.8, 4) is 0 Å². The Morgan fingerprint density at radius 2 is 1.89 bits per heavy atom. The van der Waals surface area contributed by atoms with Gasteiger partial charge in [-0.2, -0.15) is 0 Å². The van der Waals surface area contributed by atoms with E-state index in [4.69, 9.17) is 0 Å². The van der Waals surface area contributed by atoms with Crippen LogP contribution < -0.4 is 10.6 Å². The fourth-order valence-corrected chi connectivity index (χ4v) is 2.51. The van der Waals surface area contributed by atoms with E-state index in [1.54, 1.807) is 4.90 Å². The Labute approximate surface area is 108 Å². The summed E-state index contributed by atoms with van der Waals surface area (Å²) in [6.07, 6.45) is 2.02. The van der Waals surface area contributed by atoms with Crippen molar-refractivity contribution in [2.45, 2.75) is 25.8 Å². The summed E-state index contributed by atoms with van der Waals surface area (Å²) in [7, 11) is 0. The van der Waals surface area contributed by atoms with Crippen LogP contribution >= 0.6 is 0 Å². The summed E-state index contributed by atoms with van der Waals surface area (Å²) in [6, 6.07) is -0.0235. The molecule has 0 spiro atoms. The molecule has 2 N–H and O–H groups in total. The van der Waals surface area contributed by atoms with Crippen molar-refractivity contribution in [3.05, 3.63) is 0 Å². The van der Waals surface area contributed by atoms with E-state index in [0.717, 1.165) is 19.4 Å². The van der Waals surface area contributed by atoms with Gasteiger partial charge in [0.25, 0.3) is 0 Å². The molecule has 2 heterocycles. The molecule has 2 saturated heterocycles. The molecule has 6 nitrogen and oxygen atoms in total. The maximum Gasteiger partial charge on any atom is 0.317 e. The molecule has 2 aliphatic rings. The zero-order valence-corrected chi connectivity index (χ0v) is 10.9. The molecule has 102 valence electrons. The van der Waals surface area contributed by atoms with Crippen LogP contribution in [0.1, 0.15) is 19.8 Å². The normalized spacial score (nSPS) is 24.2. The monoisotopic (exact) mass is 254 g/mol. The summed E-state index contributed by atoms with van der Waals surface area (Å²) in [4.78, 5) is 27.4. The number of carbonyl (C=O) groups is 2. The van der Waals surface area contributed by atoms with Gasteiger partial charge in [0, 0.05) is 32.7 Å². The largest absolute Gasteiger partial charge is 0.338 e. The fraction of sp³-hybridized carbons (Fsp3) is 0.833. The van der Waals surface area contributed by atoms with Crippen LogP contribution in [0.5, 0.6) is 0 Å². The van der Waals surface area contributed by atoms with E-state index in [1.165, 1.54) is 0 Å². The van der Waals surface area contributed by atoms with Gasteiger partial charge in [0.05, 0.1) is 6.04 Å². The number of piperazine rings is 1. The van der Waals surface area contributed by atoms with Crippen molar-refractivity contribution >= 4 is 11.9 Å². The molecule has 2 rings (SSSR count). The van der Waals surface area contributed by atoms with Crippen LogP contribution in [0.4, 0.5) is 4.79 Å². The molecule has 0 bridgehead atoms. The Kier molecular flexibility index (Phi) is 4.41. The van der Waals surface area contributed by atoms with E-state index in [-0.39, 0.29) is 18.0 Å². The minimum absolute atomic E-state index is 0.000943. The molecular weight excluding hydrogens is 232 g/mol. The molecular formula is C12H22N4O2. The van der Waals surface area contributed by atoms with Crippen molar-refractivity contribution in [2.75, 3.05) is 39.3 Å². The van der Waals surface area contributed by atoms with E-state index in [0.29, 0.717) is 32.7 Å². The molecule has 6 heteroatoms. The topological polar surface area (TPSA) is 64.7 Å². The van der Waals surface area contributed by atoms with Gasteiger partial charge in [-0.15, -0.1) is 0 Å². The van der Waals surface area contributed by atoms with Crippen molar-refractivity contribution in [3.63, 3.8) is 0 Å². The van der Waals surface area contributed by atoms with Crippen molar-refractivity contribution < 1.29 is 9.59 Å². The van der Waals surface area contributed by atoms with Crippen LogP contribution in [-0.4, -0.2) is 67.0 Å². The van der Waals surface area contributed by atoms with Crippen LogP contribution in [0.3, 0.4) is 0 Å². The van der Waals surface area contributed by atoms with Crippen LogP contribution in [-0.2, 0) is 4.79 Å². The highest BCUT2D eigenvalue weighted by atomic mass is 16.2. The van der Waals surface area contributed by atoms with Gasteiger partial charge >= 0.3 is 6.03 Å². The number of hydrogen-bond donors (Lipinski definition) is 2. The minimum atomic E-state index is -0.0245. The summed E-state index contributed by atoms with van der Waals surface area (Å²) in [5, 5.41) is 6.01. The van der Waals surface area contributed by atoms with Crippen LogP contribution in [0.2, 0.25) is 0 Å². The fourth-order valence-electron chi connectivity index (χ4n) is 2.51. The molecule has 0 radical (unpaired) electrons. The van der Waals surface area contributed by atoms with Gasteiger partial charge in [-0.05, 0) is 26.3 Å². The van der Waals surface area contributed by atoms with Crippen molar-refractivity contribution in [2.24, 2.45) is 0 Å². The Balaban J connectivity index is 1.79. The summed E-state index contributed by atoms with van der Waals surface area (Å²) < 4.78 is 0. The van der Waals surface area contributed by atoms with Gasteiger partial charge in [0.1, 0.15) is 0 Å². The number of nitrogens with zero attached hydrogens (tertiary/aromatic N) is 2. The third kappa shape index (κ3) is 2.93. The van der Waals surface area contributed by atoms with Gasteiger partial charge in [-0.1, -0.05) is 0 Å². The third-order valence-corrected chi connectivity index (χ3v) is 3.56. The predicted octanol–water partition coefficient (Wildman–Crippen LogP) is -0.388. The molecule has 2 aliphatic heterocycles. The standard InChI is InChI=1S/C12H22N4O2/c1-2-13-12(18)16-8-6-15(7-9-16)11(17)10-4-3-5-14-10/h10,14H,2-9H2,1H3,(H,13,18)/t10-/m0/s1. The maximum atomic E-state index is 12.1. The van der Waals surface area contributed by atoms with Gasteiger partial charge in [-0.3, -0.25) is 4.79 Å². The Morgan fingerprint density at radius 3 is 2.44 bits per heavy atom. The third-order valence-electron chi connectivity index (χ3n) is 3.56. The minimum Gasteiger partial charge on any atom is -0.338 e. The van der Waals surface area contributed by atoms with Crippen molar-refractivity contribution in [1.82, 2.24) is 20.4 Å². The first-order valence-corrected chi connectivity index (χ1v) is 6.77. The number of amides is 3. The molecule has 2 fully saturated rings. The average molecular weight is 254 g/mol. The average Bonchev–Trinajstić information content (AvgIpc) is 2.92. The van der Waals surface area contributed by atoms with E-state index < -0.39 is 0 Å². The Morgan fingerprint density at radius 1 is 1.22 bits per heavy atom. The second-order valence-corrected chi connectivity index (χ2v) is 4.80. The summed E-state index contributed by atoms with van der Waals surface area (Å²) in [5.41, 5.74) is 0. The zero-order valence-electron chi connectivity index (χ0n) is 10.9. The molecule has 0 aliphatic carbocycles. The highest BCUT2D eigenvalue weighted by Crippen LogP contribution is 2.11. The maximum absolute atomic E-state index is 12.1. The van der Waals surface area contributed by atoms with E-state index in [2.05, 4.69) is 10.6 Å². The molecule has 0 aromatic rings. The number of urea groups is 1. The van der Waals surface area contributed by atoms with Crippen molar-refractivity contribution in [1.29, 1.82) is 0 Å². The van der Waals surface area contributed by atoms with Crippen LogP contribution in [0, 0.1) is 0 Å². The number of nitrogens with one attached hydrogen (secondary N) is 2. The molecule has 3 amide bonds. The first-order valence-electron chi connectivity index (χ1n) is 6.77. The van der Waals surface area contributed by atoms with Crippen LogP contribution in [0.25, 0.3) is 0 Å². The molecule has 1 atom stereocenters. The second-order valence-electron chi connectivity index (χ2n) is 4.80. The lowest BCUT2D eigenvalue weighted by Crippen LogP contribution is -2.55. The highest BCUT2D eigenvalue weighted by Gasteiger charge is 2.30. The van der Waals surface area contributed by atoms with Gasteiger partial charge in [-0.25, -0.2) is 4.79 Å². The first kappa shape index (κ1) is 13.1. The Hall–Kier alpha value is -1.30. The molecule has 0 saturated carbocycles. The second kappa shape index (κ2) is 6.04. The van der Waals surface area contributed by atoms with E-state index >= 15 is 0 Å². The van der Waals surface area contributed by atoms with E-state index in [9.17, 15) is 9.59 Å². The van der Waals surface area contributed by atoms with E-state index in [1.807, 2.05) is 11.8 Å².